The van der Waals surface area contributed by atoms with Gasteiger partial charge in [-0.05, 0) is 5.92 Å². The van der Waals surface area contributed by atoms with Gasteiger partial charge in [-0.15, -0.1) is 11.6 Å². The zero-order chi connectivity index (χ0) is 7.28. The second-order valence-corrected chi connectivity index (χ2v) is 2.38. The molecule has 9 heavy (non-hydrogen) atoms. The summed E-state index contributed by atoms with van der Waals surface area (Å²) in [6.45, 7) is 1.85. The molecule has 2 nitrogen and oxygen atoms in total. The quantitative estimate of drug-likeness (QED) is 0.606. The van der Waals surface area contributed by atoms with Crippen LogP contribution >= 0.6 is 23.5 Å². The largest absolute Gasteiger partial charge is 0.348 e. The number of carbonyl (C=O) groups is 1. The minimum Gasteiger partial charge on any atom is -0.348 e. The minimum atomic E-state index is -0.426. The van der Waals surface area contributed by atoms with Crippen LogP contribution < -0.4 is 0 Å². The van der Waals surface area contributed by atoms with Crippen LogP contribution in [0.4, 0.5) is 0 Å². The molecule has 0 aliphatic heterocycles. The van der Waals surface area contributed by atoms with Crippen molar-refractivity contribution in [1.29, 1.82) is 0 Å². The van der Waals surface area contributed by atoms with Gasteiger partial charge in [-0.2, -0.15) is 0 Å². The van der Waals surface area contributed by atoms with Crippen molar-refractivity contribution in [2.24, 2.45) is 5.92 Å². The number of hydrogen-bond donors (Lipinski definition) is 0. The number of carbonyl (C=O) groups excluding carboxylic acids is 1. The molecular weight excluding hydrogens is 163 g/mol. The molecule has 0 aromatic heterocycles. The Bertz CT molecular complexity index is 95.0. The fraction of sp³-hybridized carbons (Fsp3) is 0.800. The molecule has 1 atom stereocenters. The Kier molecular flexibility index (Phi) is 4.91. The van der Waals surface area contributed by atoms with Gasteiger partial charge in [0, 0.05) is 5.88 Å². The van der Waals surface area contributed by atoms with E-state index in [2.05, 4.69) is 4.29 Å². The van der Waals surface area contributed by atoms with Crippen molar-refractivity contribution in [2.75, 3.05) is 5.88 Å². The minimum absolute atomic E-state index is 0.137. The Hall–Kier alpha value is 0.0500. The Balaban J connectivity index is 3.34. The van der Waals surface area contributed by atoms with E-state index in [9.17, 15) is 4.79 Å². The summed E-state index contributed by atoms with van der Waals surface area (Å²) >= 11 is 10.2. The summed E-state index contributed by atoms with van der Waals surface area (Å²) in [4.78, 5) is 10.4. The van der Waals surface area contributed by atoms with Crippen molar-refractivity contribution in [2.45, 2.75) is 13.3 Å². The van der Waals surface area contributed by atoms with Gasteiger partial charge >= 0.3 is 5.97 Å². The average Bonchev–Trinajstić information content (AvgIpc) is 1.87. The molecule has 0 heterocycles. The van der Waals surface area contributed by atoms with Crippen LogP contribution in [0, 0.1) is 5.92 Å². The summed E-state index contributed by atoms with van der Waals surface area (Å²) < 4.78 is 3.90. The maximum atomic E-state index is 10.4. The first-order valence-electron chi connectivity index (χ1n) is 2.58. The molecule has 0 aromatic rings. The van der Waals surface area contributed by atoms with Gasteiger partial charge in [0.25, 0.3) is 0 Å². The topological polar surface area (TPSA) is 26.3 Å². The first kappa shape index (κ1) is 9.05. The molecule has 0 bridgehead atoms. The highest BCUT2D eigenvalue weighted by Crippen LogP contribution is 2.05. The summed E-state index contributed by atoms with van der Waals surface area (Å²) in [6.07, 6.45) is 0.285. The van der Waals surface area contributed by atoms with Gasteiger partial charge in [-0.3, -0.25) is 4.79 Å². The van der Waals surface area contributed by atoms with E-state index in [0.717, 1.165) is 0 Å². The molecule has 0 N–H and O–H groups in total. The molecule has 1 unspecified atom stereocenters. The van der Waals surface area contributed by atoms with Crippen LogP contribution in [0.3, 0.4) is 0 Å². The van der Waals surface area contributed by atoms with E-state index >= 15 is 0 Å². The molecule has 0 radical (unpaired) electrons. The molecule has 0 fully saturated rings. The first-order valence-corrected chi connectivity index (χ1v) is 3.42. The maximum Gasteiger partial charge on any atom is 0.325 e. The maximum absolute atomic E-state index is 10.4. The highest BCUT2D eigenvalue weighted by molar-refractivity contribution is 6.18. The van der Waals surface area contributed by atoms with Crippen LogP contribution in [-0.4, -0.2) is 11.8 Å². The van der Waals surface area contributed by atoms with E-state index < -0.39 is 5.97 Å². The number of rotatable bonds is 3. The van der Waals surface area contributed by atoms with Crippen LogP contribution in [0.15, 0.2) is 0 Å². The van der Waals surface area contributed by atoms with E-state index in [1.165, 1.54) is 0 Å². The monoisotopic (exact) mass is 170 g/mol. The lowest BCUT2D eigenvalue weighted by Crippen LogP contribution is -2.05. The molecule has 0 aliphatic rings. The van der Waals surface area contributed by atoms with Gasteiger partial charge < -0.3 is 4.29 Å². The molecule has 0 saturated carbocycles. The first-order chi connectivity index (χ1) is 4.20. The fourth-order valence-electron chi connectivity index (χ4n) is 0.371. The van der Waals surface area contributed by atoms with Crippen molar-refractivity contribution in [3.8, 4) is 0 Å². The van der Waals surface area contributed by atoms with Crippen LogP contribution in [-0.2, 0) is 9.08 Å². The van der Waals surface area contributed by atoms with Crippen LogP contribution in [0.1, 0.15) is 13.3 Å². The molecule has 0 amide bonds. The molecule has 0 spiro atoms. The summed E-state index contributed by atoms with van der Waals surface area (Å²) in [5.41, 5.74) is 0. The van der Waals surface area contributed by atoms with Gasteiger partial charge in [-0.1, -0.05) is 6.92 Å². The smallest absolute Gasteiger partial charge is 0.325 e. The Morgan fingerprint density at radius 2 is 2.33 bits per heavy atom. The average molecular weight is 171 g/mol. The summed E-state index contributed by atoms with van der Waals surface area (Å²) in [5.74, 6) is 0.161. The lowest BCUT2D eigenvalue weighted by Gasteiger charge is -2.01. The van der Waals surface area contributed by atoms with E-state index in [1.807, 2.05) is 6.92 Å². The molecular formula is C5H8Cl2O2. The van der Waals surface area contributed by atoms with Gasteiger partial charge in [0.05, 0.1) is 6.42 Å². The highest BCUT2D eigenvalue weighted by atomic mass is 35.5. The van der Waals surface area contributed by atoms with Crippen LogP contribution in [0.5, 0.6) is 0 Å². The second-order valence-electron chi connectivity index (χ2n) is 1.91. The summed E-state index contributed by atoms with van der Waals surface area (Å²) in [5, 5.41) is 0. The van der Waals surface area contributed by atoms with Crippen molar-refractivity contribution in [3.05, 3.63) is 0 Å². The normalized spacial score (nSPS) is 12.8. The molecule has 0 saturated heterocycles. The Morgan fingerprint density at radius 3 is 2.67 bits per heavy atom. The van der Waals surface area contributed by atoms with Gasteiger partial charge in [0.1, 0.15) is 11.9 Å². The fourth-order valence-corrected chi connectivity index (χ4v) is 0.543. The van der Waals surface area contributed by atoms with E-state index in [1.54, 1.807) is 0 Å². The summed E-state index contributed by atoms with van der Waals surface area (Å²) in [6, 6.07) is 0. The molecule has 54 valence electrons. The standard InChI is InChI=1S/C5H8Cl2O2/c1-4(3-6)2-5(8)9-7/h4H,2-3H2,1H3. The van der Waals surface area contributed by atoms with Crippen LogP contribution in [0.2, 0.25) is 0 Å². The molecule has 4 heteroatoms. The highest BCUT2D eigenvalue weighted by Gasteiger charge is 2.07. The van der Waals surface area contributed by atoms with Gasteiger partial charge in [0.2, 0.25) is 0 Å². The second kappa shape index (κ2) is 4.89. The van der Waals surface area contributed by atoms with Gasteiger partial charge in [0.15, 0.2) is 0 Å². The Morgan fingerprint density at radius 1 is 1.78 bits per heavy atom. The lowest BCUT2D eigenvalue weighted by atomic mass is 10.1. The van der Waals surface area contributed by atoms with Crippen molar-refractivity contribution in [3.63, 3.8) is 0 Å². The zero-order valence-corrected chi connectivity index (χ0v) is 6.58. The number of hydrogen-bond acceptors (Lipinski definition) is 2. The van der Waals surface area contributed by atoms with Crippen molar-refractivity contribution < 1.29 is 9.08 Å². The SMILES string of the molecule is CC(CCl)CC(=O)OCl. The third-order valence-corrected chi connectivity index (χ3v) is 1.56. The molecule has 0 aliphatic carbocycles. The van der Waals surface area contributed by atoms with Crippen LogP contribution in [0.25, 0.3) is 0 Å². The third kappa shape index (κ3) is 4.55. The van der Waals surface area contributed by atoms with Crippen molar-refractivity contribution >= 4 is 29.4 Å². The Labute approximate surface area is 64.3 Å². The number of halogens is 2. The van der Waals surface area contributed by atoms with E-state index in [4.69, 9.17) is 23.5 Å². The van der Waals surface area contributed by atoms with E-state index in [-0.39, 0.29) is 12.3 Å². The molecule has 0 aromatic carbocycles. The predicted octanol–water partition coefficient (Wildman–Crippen LogP) is 1.95. The van der Waals surface area contributed by atoms with E-state index in [0.29, 0.717) is 5.88 Å². The van der Waals surface area contributed by atoms with Crippen molar-refractivity contribution in [1.82, 2.24) is 0 Å². The predicted molar refractivity (Wildman–Crippen MR) is 36.4 cm³/mol. The third-order valence-electron chi connectivity index (χ3n) is 0.865. The lowest BCUT2D eigenvalue weighted by molar-refractivity contribution is -0.134. The number of alkyl halides is 1. The molecule has 0 rings (SSSR count). The summed E-state index contributed by atoms with van der Waals surface area (Å²) in [7, 11) is 0. The zero-order valence-electron chi connectivity index (χ0n) is 5.06. The van der Waals surface area contributed by atoms with Gasteiger partial charge in [-0.25, -0.2) is 0 Å².